The van der Waals surface area contributed by atoms with Crippen LogP contribution < -0.4 is 10.1 Å². The van der Waals surface area contributed by atoms with Gasteiger partial charge < -0.3 is 15.2 Å². The van der Waals surface area contributed by atoms with Crippen molar-refractivity contribution in [2.45, 2.75) is 33.3 Å². The summed E-state index contributed by atoms with van der Waals surface area (Å²) in [6.45, 7) is 5.85. The fraction of sp³-hybridized carbons (Fsp3) is 0.316. The molecule has 4 nitrogen and oxygen atoms in total. The third kappa shape index (κ3) is 4.57. The van der Waals surface area contributed by atoms with E-state index >= 15 is 0 Å². The lowest BCUT2D eigenvalue weighted by Gasteiger charge is -2.12. The molecule has 2 aromatic rings. The van der Waals surface area contributed by atoms with E-state index in [0.29, 0.717) is 12.2 Å². The lowest BCUT2D eigenvalue weighted by Crippen LogP contribution is -2.20. The Bertz CT molecular complexity index is 665. The number of aliphatic hydroxyl groups excluding tert-OH is 1. The molecule has 0 aliphatic heterocycles. The average Bonchev–Trinajstić information content (AvgIpc) is 2.57. The summed E-state index contributed by atoms with van der Waals surface area (Å²) in [5, 5.41) is 12.6. The Balaban J connectivity index is 1.90. The van der Waals surface area contributed by atoms with Gasteiger partial charge in [0.2, 0.25) is 0 Å². The molecule has 0 aromatic heterocycles. The van der Waals surface area contributed by atoms with E-state index in [-0.39, 0.29) is 12.5 Å². The molecule has 4 heteroatoms. The molecule has 0 aliphatic rings. The number of hydrogen-bond acceptors (Lipinski definition) is 3. The quantitative estimate of drug-likeness (QED) is 0.853. The van der Waals surface area contributed by atoms with Gasteiger partial charge in [-0.25, -0.2) is 0 Å². The van der Waals surface area contributed by atoms with Gasteiger partial charge in [0.25, 0.3) is 5.91 Å². The van der Waals surface area contributed by atoms with Crippen LogP contribution in [0.3, 0.4) is 0 Å². The van der Waals surface area contributed by atoms with Crippen LogP contribution in [0.2, 0.25) is 0 Å². The molecule has 1 unspecified atom stereocenters. The van der Waals surface area contributed by atoms with Crippen LogP contribution in [0, 0.1) is 13.8 Å². The summed E-state index contributed by atoms with van der Waals surface area (Å²) in [6.07, 6.45) is 0.204. The van der Waals surface area contributed by atoms with Gasteiger partial charge in [0, 0.05) is 5.69 Å². The second-order valence-electron chi connectivity index (χ2n) is 5.58. The first-order valence-corrected chi connectivity index (χ1v) is 7.78. The molecule has 0 saturated heterocycles. The number of rotatable bonds is 6. The van der Waals surface area contributed by atoms with Gasteiger partial charge in [-0.05, 0) is 55.2 Å². The fourth-order valence-electron chi connectivity index (χ4n) is 2.24. The van der Waals surface area contributed by atoms with Crippen molar-refractivity contribution in [3.8, 4) is 5.75 Å². The minimum atomic E-state index is -0.461. The molecule has 0 radical (unpaired) electrons. The van der Waals surface area contributed by atoms with Crippen molar-refractivity contribution in [3.05, 3.63) is 59.2 Å². The van der Waals surface area contributed by atoms with E-state index in [4.69, 9.17) is 4.74 Å². The molecule has 2 N–H and O–H groups in total. The molecule has 23 heavy (non-hydrogen) atoms. The summed E-state index contributed by atoms with van der Waals surface area (Å²) in [5.41, 5.74) is 3.84. The van der Waals surface area contributed by atoms with Crippen molar-refractivity contribution in [1.82, 2.24) is 0 Å². The standard InChI is InChI=1S/C19H23NO3/c1-4-18(21)15-8-10-16(11-9-15)23-12-19(22)20-17-7-5-6-13(2)14(17)3/h5-11,18,21H,4,12H2,1-3H3,(H,20,22). The minimum Gasteiger partial charge on any atom is -0.484 e. The first kappa shape index (κ1) is 17.0. The van der Waals surface area contributed by atoms with Gasteiger partial charge in [-0.15, -0.1) is 0 Å². The van der Waals surface area contributed by atoms with Crippen LogP contribution in [-0.4, -0.2) is 17.6 Å². The number of hydrogen-bond donors (Lipinski definition) is 2. The normalized spacial score (nSPS) is 11.8. The highest BCUT2D eigenvalue weighted by molar-refractivity contribution is 5.92. The highest BCUT2D eigenvalue weighted by Gasteiger charge is 2.08. The van der Waals surface area contributed by atoms with Gasteiger partial charge in [0.05, 0.1) is 6.10 Å². The first-order valence-electron chi connectivity index (χ1n) is 7.78. The lowest BCUT2D eigenvalue weighted by atomic mass is 10.1. The van der Waals surface area contributed by atoms with E-state index in [2.05, 4.69) is 5.32 Å². The molecule has 2 aromatic carbocycles. The van der Waals surface area contributed by atoms with Crippen molar-refractivity contribution in [2.75, 3.05) is 11.9 Å². The Morgan fingerprint density at radius 3 is 2.52 bits per heavy atom. The molecule has 0 bridgehead atoms. The number of aryl methyl sites for hydroxylation is 1. The second kappa shape index (κ2) is 7.79. The maximum absolute atomic E-state index is 12.0. The Morgan fingerprint density at radius 1 is 1.17 bits per heavy atom. The molecule has 0 spiro atoms. The number of nitrogens with one attached hydrogen (secondary N) is 1. The van der Waals surface area contributed by atoms with E-state index in [0.717, 1.165) is 22.4 Å². The number of ether oxygens (including phenoxy) is 1. The van der Waals surface area contributed by atoms with Gasteiger partial charge in [0.15, 0.2) is 6.61 Å². The number of amides is 1. The van der Waals surface area contributed by atoms with Crippen molar-refractivity contribution >= 4 is 11.6 Å². The average molecular weight is 313 g/mol. The van der Waals surface area contributed by atoms with Gasteiger partial charge in [-0.2, -0.15) is 0 Å². The Labute approximate surface area is 137 Å². The van der Waals surface area contributed by atoms with E-state index < -0.39 is 6.10 Å². The molecule has 1 atom stereocenters. The van der Waals surface area contributed by atoms with Crippen molar-refractivity contribution in [1.29, 1.82) is 0 Å². The molecule has 0 fully saturated rings. The van der Waals surface area contributed by atoms with Crippen molar-refractivity contribution < 1.29 is 14.6 Å². The first-order chi connectivity index (χ1) is 11.0. The number of anilines is 1. The molecule has 1 amide bonds. The van der Waals surface area contributed by atoms with Crippen LogP contribution in [-0.2, 0) is 4.79 Å². The monoisotopic (exact) mass is 313 g/mol. The number of benzene rings is 2. The van der Waals surface area contributed by atoms with Gasteiger partial charge >= 0.3 is 0 Å². The summed E-state index contributed by atoms with van der Waals surface area (Å²) < 4.78 is 5.48. The van der Waals surface area contributed by atoms with E-state index in [1.807, 2.05) is 51.1 Å². The Kier molecular flexibility index (Phi) is 5.77. The van der Waals surface area contributed by atoms with Crippen LogP contribution in [0.1, 0.15) is 36.1 Å². The summed E-state index contributed by atoms with van der Waals surface area (Å²) in [4.78, 5) is 12.0. The third-order valence-corrected chi connectivity index (χ3v) is 3.90. The molecule has 122 valence electrons. The predicted octanol–water partition coefficient (Wildman–Crippen LogP) is 3.76. The third-order valence-electron chi connectivity index (χ3n) is 3.90. The predicted molar refractivity (Wildman–Crippen MR) is 91.7 cm³/mol. The summed E-state index contributed by atoms with van der Waals surface area (Å²) in [6, 6.07) is 12.9. The maximum Gasteiger partial charge on any atom is 0.262 e. The van der Waals surface area contributed by atoms with Crippen LogP contribution in [0.25, 0.3) is 0 Å². The van der Waals surface area contributed by atoms with Gasteiger partial charge in [-0.1, -0.05) is 31.2 Å². The minimum absolute atomic E-state index is 0.0525. The van der Waals surface area contributed by atoms with E-state index in [9.17, 15) is 9.90 Å². The molecule has 0 saturated carbocycles. The smallest absolute Gasteiger partial charge is 0.262 e. The molecular formula is C19H23NO3. The molecular weight excluding hydrogens is 290 g/mol. The second-order valence-corrected chi connectivity index (χ2v) is 5.58. The highest BCUT2D eigenvalue weighted by Crippen LogP contribution is 2.20. The maximum atomic E-state index is 12.0. The fourth-order valence-corrected chi connectivity index (χ4v) is 2.24. The molecule has 2 rings (SSSR count). The van der Waals surface area contributed by atoms with Crippen LogP contribution in [0.15, 0.2) is 42.5 Å². The van der Waals surface area contributed by atoms with Crippen LogP contribution in [0.4, 0.5) is 5.69 Å². The summed E-state index contributed by atoms with van der Waals surface area (Å²) in [5.74, 6) is 0.407. The topological polar surface area (TPSA) is 58.6 Å². The van der Waals surface area contributed by atoms with E-state index in [1.165, 1.54) is 0 Å². The van der Waals surface area contributed by atoms with E-state index in [1.54, 1.807) is 12.1 Å². The van der Waals surface area contributed by atoms with Gasteiger partial charge in [-0.3, -0.25) is 4.79 Å². The zero-order chi connectivity index (χ0) is 16.8. The van der Waals surface area contributed by atoms with Crippen LogP contribution in [0.5, 0.6) is 5.75 Å². The van der Waals surface area contributed by atoms with Crippen molar-refractivity contribution in [2.24, 2.45) is 0 Å². The zero-order valence-electron chi connectivity index (χ0n) is 13.8. The Morgan fingerprint density at radius 2 is 1.87 bits per heavy atom. The number of carbonyl (C=O) groups excluding carboxylic acids is 1. The lowest BCUT2D eigenvalue weighted by molar-refractivity contribution is -0.118. The number of carbonyl (C=O) groups is 1. The van der Waals surface area contributed by atoms with Crippen LogP contribution >= 0.6 is 0 Å². The largest absolute Gasteiger partial charge is 0.484 e. The van der Waals surface area contributed by atoms with Crippen molar-refractivity contribution in [3.63, 3.8) is 0 Å². The molecule has 0 aliphatic carbocycles. The SMILES string of the molecule is CCC(O)c1ccc(OCC(=O)Nc2cccc(C)c2C)cc1. The number of aliphatic hydroxyl groups is 1. The van der Waals surface area contributed by atoms with Gasteiger partial charge in [0.1, 0.15) is 5.75 Å². The molecule has 0 heterocycles. The Hall–Kier alpha value is -2.33. The summed E-state index contributed by atoms with van der Waals surface area (Å²) in [7, 11) is 0. The zero-order valence-corrected chi connectivity index (χ0v) is 13.8. The summed E-state index contributed by atoms with van der Waals surface area (Å²) >= 11 is 0. The highest BCUT2D eigenvalue weighted by atomic mass is 16.5.